The first kappa shape index (κ1) is 13.5. The maximum atomic E-state index is 12.0. The summed E-state index contributed by atoms with van der Waals surface area (Å²) < 4.78 is 0.950. The van der Waals surface area contributed by atoms with Crippen LogP contribution >= 0.6 is 22.6 Å². The number of nitrogens with zero attached hydrogens (tertiary/aromatic N) is 1. The Labute approximate surface area is 121 Å². The van der Waals surface area contributed by atoms with Crippen LogP contribution in [-0.2, 0) is 0 Å². The van der Waals surface area contributed by atoms with Crippen molar-refractivity contribution in [3.8, 4) is 0 Å². The lowest BCUT2D eigenvalue weighted by Crippen LogP contribution is -2.21. The summed E-state index contributed by atoms with van der Waals surface area (Å²) in [6.07, 6.45) is 4.52. The SMILES string of the molecule is CC[C@H]1CCC/C1=N/NC(=O)c1ccccc1I. The number of carbonyl (C=O) groups is 1. The van der Waals surface area contributed by atoms with E-state index >= 15 is 0 Å². The van der Waals surface area contributed by atoms with Gasteiger partial charge in [0, 0.05) is 9.28 Å². The highest BCUT2D eigenvalue weighted by Gasteiger charge is 2.21. The second-order valence-corrected chi connectivity index (χ2v) is 5.68. The maximum absolute atomic E-state index is 12.0. The van der Waals surface area contributed by atoms with E-state index in [1.807, 2.05) is 24.3 Å². The van der Waals surface area contributed by atoms with Gasteiger partial charge in [-0.1, -0.05) is 19.1 Å². The highest BCUT2D eigenvalue weighted by Crippen LogP contribution is 2.25. The number of carbonyl (C=O) groups excluding carboxylic acids is 1. The third kappa shape index (κ3) is 3.10. The molecule has 1 aromatic carbocycles. The number of benzene rings is 1. The number of nitrogens with one attached hydrogen (secondary N) is 1. The maximum Gasteiger partial charge on any atom is 0.272 e. The first-order valence-electron chi connectivity index (χ1n) is 6.33. The smallest absolute Gasteiger partial charge is 0.267 e. The van der Waals surface area contributed by atoms with E-state index in [9.17, 15) is 4.79 Å². The minimum absolute atomic E-state index is 0.116. The number of halogens is 1. The molecule has 1 atom stereocenters. The Balaban J connectivity index is 2.04. The van der Waals surface area contributed by atoms with Gasteiger partial charge in [-0.2, -0.15) is 5.10 Å². The van der Waals surface area contributed by atoms with Crippen molar-refractivity contribution in [2.75, 3.05) is 0 Å². The average molecular weight is 356 g/mol. The fourth-order valence-electron chi connectivity index (χ4n) is 2.32. The zero-order chi connectivity index (χ0) is 13.0. The second kappa shape index (κ2) is 6.31. The number of hydrogen-bond acceptors (Lipinski definition) is 2. The molecular weight excluding hydrogens is 339 g/mol. The first-order chi connectivity index (χ1) is 8.72. The zero-order valence-electron chi connectivity index (χ0n) is 10.4. The predicted octanol–water partition coefficient (Wildman–Crippen LogP) is 3.59. The van der Waals surface area contributed by atoms with Crippen molar-refractivity contribution in [2.45, 2.75) is 32.6 Å². The van der Waals surface area contributed by atoms with E-state index < -0.39 is 0 Å². The van der Waals surface area contributed by atoms with Crippen molar-refractivity contribution in [3.05, 3.63) is 33.4 Å². The topological polar surface area (TPSA) is 41.5 Å². The molecular formula is C14H17IN2O. The molecule has 4 heteroatoms. The Kier molecular flexibility index (Phi) is 4.74. The van der Waals surface area contributed by atoms with Crippen LogP contribution in [0.1, 0.15) is 43.0 Å². The standard InChI is InChI=1S/C14H17IN2O/c1-2-10-6-5-9-13(10)16-17-14(18)11-7-3-4-8-12(11)15/h3-4,7-8,10H,2,5-6,9H2,1H3,(H,17,18)/b16-13-/t10-/m0/s1. The van der Waals surface area contributed by atoms with Crippen molar-refractivity contribution in [2.24, 2.45) is 11.0 Å². The second-order valence-electron chi connectivity index (χ2n) is 4.52. The van der Waals surface area contributed by atoms with Crippen LogP contribution in [0.25, 0.3) is 0 Å². The van der Waals surface area contributed by atoms with Gasteiger partial charge >= 0.3 is 0 Å². The van der Waals surface area contributed by atoms with E-state index in [0.29, 0.717) is 11.5 Å². The van der Waals surface area contributed by atoms with Gasteiger partial charge in [0.05, 0.1) is 5.56 Å². The monoisotopic (exact) mass is 356 g/mol. The Morgan fingerprint density at radius 2 is 2.28 bits per heavy atom. The van der Waals surface area contributed by atoms with Crippen LogP contribution in [0.2, 0.25) is 0 Å². The molecule has 0 aliphatic heterocycles. The normalized spacial score (nSPS) is 21.2. The van der Waals surface area contributed by atoms with Crippen molar-refractivity contribution in [1.29, 1.82) is 0 Å². The van der Waals surface area contributed by atoms with Gasteiger partial charge in [-0.3, -0.25) is 4.79 Å². The fourth-order valence-corrected chi connectivity index (χ4v) is 2.95. The largest absolute Gasteiger partial charge is 0.272 e. The quantitative estimate of drug-likeness (QED) is 0.653. The Hall–Kier alpha value is -0.910. The summed E-state index contributed by atoms with van der Waals surface area (Å²) in [4.78, 5) is 12.0. The Morgan fingerprint density at radius 3 is 3.00 bits per heavy atom. The Morgan fingerprint density at radius 1 is 1.50 bits per heavy atom. The zero-order valence-corrected chi connectivity index (χ0v) is 12.6. The van der Waals surface area contributed by atoms with Crippen LogP contribution in [0.5, 0.6) is 0 Å². The van der Waals surface area contributed by atoms with Crippen LogP contribution < -0.4 is 5.43 Å². The molecule has 96 valence electrons. The van der Waals surface area contributed by atoms with E-state index in [4.69, 9.17) is 0 Å². The molecule has 1 fully saturated rings. The lowest BCUT2D eigenvalue weighted by Gasteiger charge is -2.08. The summed E-state index contributed by atoms with van der Waals surface area (Å²) in [5.41, 5.74) is 4.53. The van der Waals surface area contributed by atoms with Gasteiger partial charge in [-0.05, 0) is 66.3 Å². The van der Waals surface area contributed by atoms with Crippen LogP contribution in [0.4, 0.5) is 0 Å². The van der Waals surface area contributed by atoms with E-state index in [0.717, 1.165) is 22.1 Å². The molecule has 0 aromatic heterocycles. The minimum atomic E-state index is -0.116. The molecule has 3 nitrogen and oxygen atoms in total. The highest BCUT2D eigenvalue weighted by molar-refractivity contribution is 14.1. The van der Waals surface area contributed by atoms with E-state index in [2.05, 4.69) is 40.0 Å². The molecule has 1 N–H and O–H groups in total. The summed E-state index contributed by atoms with van der Waals surface area (Å²) in [6.45, 7) is 2.17. The molecule has 0 bridgehead atoms. The fraction of sp³-hybridized carbons (Fsp3) is 0.429. The molecule has 1 aliphatic carbocycles. The molecule has 0 saturated heterocycles. The number of hydrogen-bond donors (Lipinski definition) is 1. The Bertz CT molecular complexity index is 471. The molecule has 0 unspecified atom stereocenters. The summed E-state index contributed by atoms with van der Waals surface area (Å²) >= 11 is 2.17. The molecule has 0 heterocycles. The van der Waals surface area contributed by atoms with Gasteiger partial charge in [-0.25, -0.2) is 5.43 Å². The summed E-state index contributed by atoms with van der Waals surface area (Å²) in [5, 5.41) is 4.31. The van der Waals surface area contributed by atoms with Crippen LogP contribution in [-0.4, -0.2) is 11.6 Å². The first-order valence-corrected chi connectivity index (χ1v) is 7.41. The van der Waals surface area contributed by atoms with E-state index in [1.54, 1.807) is 0 Å². The number of hydrazone groups is 1. The van der Waals surface area contributed by atoms with Crippen molar-refractivity contribution >= 4 is 34.2 Å². The molecule has 0 radical (unpaired) electrons. The van der Waals surface area contributed by atoms with Gasteiger partial charge in [0.15, 0.2) is 0 Å². The number of amides is 1. The molecule has 1 aliphatic rings. The van der Waals surface area contributed by atoms with Crippen LogP contribution in [0.3, 0.4) is 0 Å². The van der Waals surface area contributed by atoms with E-state index in [-0.39, 0.29) is 5.91 Å². The average Bonchev–Trinajstić information content (AvgIpc) is 2.84. The lowest BCUT2D eigenvalue weighted by atomic mass is 10.0. The van der Waals surface area contributed by atoms with E-state index in [1.165, 1.54) is 12.8 Å². The van der Waals surface area contributed by atoms with Crippen LogP contribution in [0.15, 0.2) is 29.4 Å². The molecule has 1 saturated carbocycles. The molecule has 1 aromatic rings. The van der Waals surface area contributed by atoms with Crippen LogP contribution in [0, 0.1) is 9.49 Å². The molecule has 1 amide bonds. The summed E-state index contributed by atoms with van der Waals surface area (Å²) in [7, 11) is 0. The third-order valence-corrected chi connectivity index (χ3v) is 4.31. The molecule has 18 heavy (non-hydrogen) atoms. The predicted molar refractivity (Wildman–Crippen MR) is 81.7 cm³/mol. The minimum Gasteiger partial charge on any atom is -0.267 e. The number of rotatable bonds is 3. The highest BCUT2D eigenvalue weighted by atomic mass is 127. The molecule has 0 spiro atoms. The van der Waals surface area contributed by atoms with Gasteiger partial charge in [0.25, 0.3) is 5.91 Å². The van der Waals surface area contributed by atoms with Crippen molar-refractivity contribution in [3.63, 3.8) is 0 Å². The van der Waals surface area contributed by atoms with Gasteiger partial charge in [-0.15, -0.1) is 0 Å². The summed E-state index contributed by atoms with van der Waals surface area (Å²) in [6, 6.07) is 7.54. The third-order valence-electron chi connectivity index (χ3n) is 3.37. The van der Waals surface area contributed by atoms with Gasteiger partial charge in [0.1, 0.15) is 0 Å². The van der Waals surface area contributed by atoms with Gasteiger partial charge < -0.3 is 0 Å². The van der Waals surface area contributed by atoms with Crippen molar-refractivity contribution < 1.29 is 4.79 Å². The lowest BCUT2D eigenvalue weighted by molar-refractivity contribution is 0.0953. The molecule has 2 rings (SSSR count). The van der Waals surface area contributed by atoms with Crippen molar-refractivity contribution in [1.82, 2.24) is 5.43 Å². The summed E-state index contributed by atoms with van der Waals surface area (Å²) in [5.74, 6) is 0.439. The van der Waals surface area contributed by atoms with Gasteiger partial charge in [0.2, 0.25) is 0 Å².